The highest BCUT2D eigenvalue weighted by atomic mass is 35.5. The van der Waals surface area contributed by atoms with Crippen molar-refractivity contribution < 1.29 is 4.79 Å². The van der Waals surface area contributed by atoms with E-state index in [1.165, 1.54) is 11.1 Å². The van der Waals surface area contributed by atoms with Gasteiger partial charge in [0.1, 0.15) is 0 Å². The first-order valence-corrected chi connectivity index (χ1v) is 10.1. The first-order valence-electron chi connectivity index (χ1n) is 9.75. The molecule has 1 amide bonds. The maximum absolute atomic E-state index is 12.5. The number of nitrogens with zero attached hydrogens (tertiary/aromatic N) is 4. The van der Waals surface area contributed by atoms with E-state index in [1.807, 2.05) is 31.2 Å². The van der Waals surface area contributed by atoms with Gasteiger partial charge in [0, 0.05) is 49.1 Å². The predicted molar refractivity (Wildman–Crippen MR) is 120 cm³/mol. The minimum absolute atomic E-state index is 0.140. The Kier molecular flexibility index (Phi) is 5.77. The molecule has 6 nitrogen and oxygen atoms in total. The first-order chi connectivity index (χ1) is 14.5. The summed E-state index contributed by atoms with van der Waals surface area (Å²) in [4.78, 5) is 27.2. The molecule has 3 heterocycles. The number of pyridine rings is 1. The number of nitrogens with one attached hydrogen (secondary N) is 1. The number of carbonyl (C=O) groups excluding carboxylic acids is 1. The third kappa shape index (κ3) is 4.19. The zero-order valence-electron chi connectivity index (χ0n) is 16.9. The van der Waals surface area contributed by atoms with Crippen molar-refractivity contribution >= 4 is 34.6 Å². The molecule has 30 heavy (non-hydrogen) atoms. The Labute approximate surface area is 180 Å². The fourth-order valence-electron chi connectivity index (χ4n) is 3.58. The molecule has 0 aliphatic carbocycles. The van der Waals surface area contributed by atoms with Crippen LogP contribution < -0.4 is 10.2 Å². The molecule has 3 aromatic rings. The smallest absolute Gasteiger partial charge is 0.256 e. The average molecular weight is 420 g/mol. The van der Waals surface area contributed by atoms with Gasteiger partial charge in [-0.1, -0.05) is 29.3 Å². The predicted octanol–water partition coefficient (Wildman–Crippen LogP) is 4.77. The van der Waals surface area contributed by atoms with Crippen LogP contribution >= 0.6 is 11.6 Å². The minimum atomic E-state index is -0.140. The molecule has 0 bridgehead atoms. The maximum Gasteiger partial charge on any atom is 0.256 e. The van der Waals surface area contributed by atoms with Crippen LogP contribution in [0.25, 0.3) is 5.57 Å². The molecule has 0 saturated carbocycles. The van der Waals surface area contributed by atoms with Crippen molar-refractivity contribution in [2.24, 2.45) is 0 Å². The molecule has 1 aliphatic rings. The number of aromatic nitrogens is 3. The number of benzene rings is 1. The lowest BCUT2D eigenvalue weighted by Crippen LogP contribution is -2.31. The van der Waals surface area contributed by atoms with E-state index in [1.54, 1.807) is 30.9 Å². The largest absolute Gasteiger partial charge is 0.349 e. The van der Waals surface area contributed by atoms with Crippen molar-refractivity contribution in [3.8, 4) is 0 Å². The standard InChI is InChI=1S/C23H22ClN5O/c1-15-8-12-29(22-21(24)26-10-11-27-22)14-20(15)17-3-5-18(6-4-17)28-23(30)19-7-9-25-13-16(19)2/h3-7,9-11,13H,8,12,14H2,1-2H3,(H,28,30). The highest BCUT2D eigenvalue weighted by Crippen LogP contribution is 2.31. The molecule has 152 valence electrons. The number of anilines is 2. The molecular formula is C23H22ClN5O. The summed E-state index contributed by atoms with van der Waals surface area (Å²) in [7, 11) is 0. The van der Waals surface area contributed by atoms with Crippen LogP contribution in [0.5, 0.6) is 0 Å². The van der Waals surface area contributed by atoms with Crippen LogP contribution in [0.1, 0.15) is 34.8 Å². The van der Waals surface area contributed by atoms with E-state index in [0.29, 0.717) is 23.1 Å². The number of carbonyl (C=O) groups is 1. The van der Waals surface area contributed by atoms with E-state index >= 15 is 0 Å². The number of aryl methyl sites for hydroxylation is 1. The Morgan fingerprint density at radius 1 is 1.07 bits per heavy atom. The van der Waals surface area contributed by atoms with Gasteiger partial charge in [-0.25, -0.2) is 9.97 Å². The van der Waals surface area contributed by atoms with Gasteiger partial charge >= 0.3 is 0 Å². The van der Waals surface area contributed by atoms with Crippen molar-refractivity contribution in [2.75, 3.05) is 23.3 Å². The molecule has 1 N–H and O–H groups in total. The summed E-state index contributed by atoms with van der Waals surface area (Å²) in [6.45, 7) is 5.60. The van der Waals surface area contributed by atoms with Crippen LogP contribution in [0.4, 0.5) is 11.5 Å². The lowest BCUT2D eigenvalue weighted by atomic mass is 9.95. The Hall–Kier alpha value is -3.25. The molecular weight excluding hydrogens is 398 g/mol. The number of halogens is 1. The van der Waals surface area contributed by atoms with Crippen molar-refractivity contribution in [1.29, 1.82) is 0 Å². The Morgan fingerprint density at radius 3 is 2.57 bits per heavy atom. The molecule has 1 aliphatic heterocycles. The van der Waals surface area contributed by atoms with Crippen LogP contribution in [0, 0.1) is 6.92 Å². The van der Waals surface area contributed by atoms with E-state index in [2.05, 4.69) is 32.1 Å². The molecule has 0 unspecified atom stereocenters. The van der Waals surface area contributed by atoms with Gasteiger partial charge in [-0.2, -0.15) is 0 Å². The third-order valence-electron chi connectivity index (χ3n) is 5.31. The molecule has 2 aromatic heterocycles. The van der Waals surface area contributed by atoms with Crippen LogP contribution in [0.15, 0.2) is 60.7 Å². The van der Waals surface area contributed by atoms with Gasteiger partial charge in [-0.15, -0.1) is 0 Å². The molecule has 4 rings (SSSR count). The summed E-state index contributed by atoms with van der Waals surface area (Å²) in [6.07, 6.45) is 7.50. The summed E-state index contributed by atoms with van der Waals surface area (Å²) >= 11 is 6.24. The highest BCUT2D eigenvalue weighted by molar-refractivity contribution is 6.31. The van der Waals surface area contributed by atoms with Crippen LogP contribution in [-0.2, 0) is 0 Å². The van der Waals surface area contributed by atoms with Gasteiger partial charge < -0.3 is 10.2 Å². The maximum atomic E-state index is 12.5. The van der Waals surface area contributed by atoms with Gasteiger partial charge in [-0.3, -0.25) is 9.78 Å². The third-order valence-corrected chi connectivity index (χ3v) is 5.58. The van der Waals surface area contributed by atoms with E-state index in [4.69, 9.17) is 11.6 Å². The molecule has 7 heteroatoms. The number of hydrogen-bond donors (Lipinski definition) is 1. The van der Waals surface area contributed by atoms with E-state index in [9.17, 15) is 4.79 Å². The number of rotatable bonds is 4. The second-order valence-electron chi connectivity index (χ2n) is 7.32. The molecule has 0 fully saturated rings. The van der Waals surface area contributed by atoms with Crippen molar-refractivity contribution in [3.05, 3.63) is 82.5 Å². The lowest BCUT2D eigenvalue weighted by Gasteiger charge is -2.31. The van der Waals surface area contributed by atoms with Crippen LogP contribution in [0.3, 0.4) is 0 Å². The summed E-state index contributed by atoms with van der Waals surface area (Å²) in [5.41, 5.74) is 5.92. The monoisotopic (exact) mass is 419 g/mol. The van der Waals surface area contributed by atoms with Gasteiger partial charge in [0.2, 0.25) is 0 Å². The Balaban J connectivity index is 1.51. The number of amides is 1. The fraction of sp³-hybridized carbons (Fsp3) is 0.217. The zero-order valence-corrected chi connectivity index (χ0v) is 17.6. The molecule has 0 saturated heterocycles. The van der Waals surface area contributed by atoms with E-state index in [0.717, 1.165) is 29.8 Å². The van der Waals surface area contributed by atoms with Gasteiger partial charge in [-0.05, 0) is 55.2 Å². The Bertz CT molecular complexity index is 1110. The van der Waals surface area contributed by atoms with Crippen molar-refractivity contribution in [1.82, 2.24) is 15.0 Å². The highest BCUT2D eigenvalue weighted by Gasteiger charge is 2.21. The topological polar surface area (TPSA) is 71.0 Å². The average Bonchev–Trinajstić information content (AvgIpc) is 2.75. The summed E-state index contributed by atoms with van der Waals surface area (Å²) in [6, 6.07) is 9.66. The lowest BCUT2D eigenvalue weighted by molar-refractivity contribution is 0.102. The van der Waals surface area contributed by atoms with Crippen molar-refractivity contribution in [3.63, 3.8) is 0 Å². The summed E-state index contributed by atoms with van der Waals surface area (Å²) < 4.78 is 0. The quantitative estimate of drug-likeness (QED) is 0.659. The fourth-order valence-corrected chi connectivity index (χ4v) is 3.81. The normalized spacial score (nSPS) is 14.0. The SMILES string of the molecule is CC1=C(c2ccc(NC(=O)c3ccncc3C)cc2)CN(c2nccnc2Cl)CC1. The van der Waals surface area contributed by atoms with Gasteiger partial charge in [0.15, 0.2) is 11.0 Å². The number of hydrogen-bond acceptors (Lipinski definition) is 5. The molecule has 0 atom stereocenters. The van der Waals surface area contributed by atoms with Crippen molar-refractivity contribution in [2.45, 2.75) is 20.3 Å². The summed E-state index contributed by atoms with van der Waals surface area (Å²) in [5.74, 6) is 0.569. The second kappa shape index (κ2) is 8.63. The Morgan fingerprint density at radius 2 is 1.83 bits per heavy atom. The molecule has 0 radical (unpaired) electrons. The summed E-state index contributed by atoms with van der Waals surface area (Å²) in [5, 5.41) is 3.37. The zero-order chi connectivity index (χ0) is 21.1. The van der Waals surface area contributed by atoms with E-state index in [-0.39, 0.29) is 5.91 Å². The van der Waals surface area contributed by atoms with Crippen LogP contribution in [0.2, 0.25) is 5.15 Å². The first kappa shape index (κ1) is 20.0. The van der Waals surface area contributed by atoms with Crippen LogP contribution in [-0.4, -0.2) is 33.9 Å². The van der Waals surface area contributed by atoms with Gasteiger partial charge in [0.05, 0.1) is 0 Å². The second-order valence-corrected chi connectivity index (χ2v) is 7.68. The van der Waals surface area contributed by atoms with E-state index < -0.39 is 0 Å². The molecule has 0 spiro atoms. The van der Waals surface area contributed by atoms with Gasteiger partial charge in [0.25, 0.3) is 5.91 Å². The molecule has 1 aromatic carbocycles. The minimum Gasteiger partial charge on any atom is -0.349 e.